The van der Waals surface area contributed by atoms with Gasteiger partial charge in [0.05, 0.1) is 17.4 Å². The Bertz CT molecular complexity index is 689. The Morgan fingerprint density at radius 2 is 1.83 bits per heavy atom. The number of hydrogen-bond acceptors (Lipinski definition) is 4. The predicted molar refractivity (Wildman–Crippen MR) is 102 cm³/mol. The van der Waals surface area contributed by atoms with Crippen LogP contribution in [0.3, 0.4) is 0 Å². The minimum Gasteiger partial charge on any atom is -0.444 e. The third-order valence-corrected chi connectivity index (χ3v) is 4.80. The lowest BCUT2D eigenvalue weighted by Gasteiger charge is -2.21. The zero-order chi connectivity index (χ0) is 17.7. The number of rotatable bonds is 5. The second kappa shape index (κ2) is 7.71. The van der Waals surface area contributed by atoms with E-state index in [-0.39, 0.29) is 6.04 Å². The Morgan fingerprint density at radius 1 is 1.17 bits per heavy atom. The Kier molecular flexibility index (Phi) is 5.89. The lowest BCUT2D eigenvalue weighted by atomic mass is 10.2. The highest BCUT2D eigenvalue weighted by Gasteiger charge is 2.17. The lowest BCUT2D eigenvalue weighted by molar-refractivity contribution is 0.0636. The average molecular weight is 346 g/mol. The van der Waals surface area contributed by atoms with Crippen LogP contribution in [-0.2, 0) is 11.2 Å². The number of amides is 1. The molecule has 0 radical (unpaired) electrons. The summed E-state index contributed by atoms with van der Waals surface area (Å²) < 4.78 is 5.33. The molecule has 0 aliphatic heterocycles. The number of benzene rings is 1. The van der Waals surface area contributed by atoms with Crippen LogP contribution in [0.5, 0.6) is 0 Å². The first-order chi connectivity index (χ1) is 11.3. The number of para-hydroxylation sites is 2. The Morgan fingerprint density at radius 3 is 2.42 bits per heavy atom. The van der Waals surface area contributed by atoms with Crippen molar-refractivity contribution in [3.63, 3.8) is 0 Å². The monoisotopic (exact) mass is 346 g/mol. The molecule has 1 atom stereocenters. The van der Waals surface area contributed by atoms with Crippen LogP contribution in [0.15, 0.2) is 36.4 Å². The van der Waals surface area contributed by atoms with Gasteiger partial charge >= 0.3 is 6.09 Å². The van der Waals surface area contributed by atoms with Crippen molar-refractivity contribution >= 4 is 28.8 Å². The van der Waals surface area contributed by atoms with Crippen molar-refractivity contribution in [1.29, 1.82) is 0 Å². The normalized spacial score (nSPS) is 12.5. The van der Waals surface area contributed by atoms with E-state index in [0.29, 0.717) is 5.69 Å². The minimum atomic E-state index is -0.521. The van der Waals surface area contributed by atoms with E-state index in [1.54, 1.807) is 0 Å². The SMILES string of the molecule is CCc1ccc(C(C)Nc2ccccc2NC(=O)OC(C)(C)C)s1. The van der Waals surface area contributed by atoms with Crippen molar-refractivity contribution in [3.8, 4) is 0 Å². The van der Waals surface area contributed by atoms with Gasteiger partial charge in [0, 0.05) is 9.75 Å². The number of hydrogen-bond donors (Lipinski definition) is 2. The maximum Gasteiger partial charge on any atom is 0.412 e. The predicted octanol–water partition coefficient (Wildman–Crippen LogP) is 5.83. The van der Waals surface area contributed by atoms with Gasteiger partial charge in [-0.3, -0.25) is 5.32 Å². The van der Waals surface area contributed by atoms with Gasteiger partial charge in [0.1, 0.15) is 5.60 Å². The molecule has 0 saturated carbocycles. The van der Waals surface area contributed by atoms with Gasteiger partial charge in [-0.1, -0.05) is 19.1 Å². The van der Waals surface area contributed by atoms with Crippen LogP contribution in [0.1, 0.15) is 50.4 Å². The van der Waals surface area contributed by atoms with E-state index in [4.69, 9.17) is 4.74 Å². The lowest BCUT2D eigenvalue weighted by Crippen LogP contribution is -2.27. The quantitative estimate of drug-likeness (QED) is 0.716. The second-order valence-corrected chi connectivity index (χ2v) is 7.90. The molecule has 1 unspecified atom stereocenters. The highest BCUT2D eigenvalue weighted by atomic mass is 32.1. The Labute approximate surface area is 148 Å². The summed E-state index contributed by atoms with van der Waals surface area (Å²) in [6, 6.07) is 12.2. The van der Waals surface area contributed by atoms with E-state index in [0.717, 1.165) is 12.1 Å². The number of nitrogens with one attached hydrogen (secondary N) is 2. The maximum atomic E-state index is 12.0. The second-order valence-electron chi connectivity index (χ2n) is 6.70. The van der Waals surface area contributed by atoms with E-state index < -0.39 is 11.7 Å². The fourth-order valence-corrected chi connectivity index (χ4v) is 3.21. The summed E-state index contributed by atoms with van der Waals surface area (Å²) in [6.07, 6.45) is 0.600. The van der Waals surface area contributed by atoms with Crippen molar-refractivity contribution in [2.75, 3.05) is 10.6 Å². The van der Waals surface area contributed by atoms with Gasteiger partial charge in [0.15, 0.2) is 0 Å². The van der Waals surface area contributed by atoms with Crippen LogP contribution in [0.2, 0.25) is 0 Å². The first kappa shape index (κ1) is 18.3. The Hall–Kier alpha value is -2.01. The molecule has 0 fully saturated rings. The molecule has 0 spiro atoms. The summed E-state index contributed by atoms with van der Waals surface area (Å²) in [6.45, 7) is 9.83. The van der Waals surface area contributed by atoms with Crippen LogP contribution in [0.25, 0.3) is 0 Å². The summed E-state index contributed by atoms with van der Waals surface area (Å²) in [5.41, 5.74) is 1.07. The molecule has 1 heterocycles. The number of carbonyl (C=O) groups is 1. The fourth-order valence-electron chi connectivity index (χ4n) is 2.25. The van der Waals surface area contributed by atoms with Crippen LogP contribution in [0.4, 0.5) is 16.2 Å². The van der Waals surface area contributed by atoms with Crippen molar-refractivity contribution < 1.29 is 9.53 Å². The van der Waals surface area contributed by atoms with Gasteiger partial charge in [-0.25, -0.2) is 4.79 Å². The molecule has 2 rings (SSSR count). The van der Waals surface area contributed by atoms with Crippen LogP contribution < -0.4 is 10.6 Å². The molecule has 1 aromatic carbocycles. The number of carbonyl (C=O) groups excluding carboxylic acids is 1. The van der Waals surface area contributed by atoms with Gasteiger partial charge in [0.2, 0.25) is 0 Å². The third-order valence-electron chi connectivity index (χ3n) is 3.39. The molecule has 24 heavy (non-hydrogen) atoms. The van der Waals surface area contributed by atoms with Crippen LogP contribution in [0, 0.1) is 0 Å². The molecule has 2 N–H and O–H groups in total. The number of ether oxygens (including phenoxy) is 1. The molecule has 0 aliphatic rings. The van der Waals surface area contributed by atoms with E-state index in [1.165, 1.54) is 9.75 Å². The maximum absolute atomic E-state index is 12.0. The topological polar surface area (TPSA) is 50.4 Å². The molecule has 4 nitrogen and oxygen atoms in total. The van der Waals surface area contributed by atoms with Crippen LogP contribution in [-0.4, -0.2) is 11.7 Å². The fraction of sp³-hybridized carbons (Fsp3) is 0.421. The molecule has 2 aromatic rings. The summed E-state index contributed by atoms with van der Waals surface area (Å²) in [5.74, 6) is 0. The zero-order valence-corrected chi connectivity index (χ0v) is 15.8. The number of anilines is 2. The molecule has 1 amide bonds. The minimum absolute atomic E-state index is 0.164. The van der Waals surface area contributed by atoms with Crippen molar-refractivity contribution in [2.45, 2.75) is 52.7 Å². The first-order valence-corrected chi connectivity index (χ1v) is 9.04. The van der Waals surface area contributed by atoms with E-state index in [1.807, 2.05) is 56.4 Å². The summed E-state index contributed by atoms with van der Waals surface area (Å²) in [5, 5.41) is 6.29. The van der Waals surface area contributed by atoms with Gasteiger partial charge in [-0.2, -0.15) is 0 Å². The van der Waals surface area contributed by atoms with Crippen molar-refractivity contribution in [1.82, 2.24) is 0 Å². The molecule has 130 valence electrons. The molecular formula is C19H26N2O2S. The summed E-state index contributed by atoms with van der Waals surface area (Å²) in [7, 11) is 0. The number of aryl methyl sites for hydroxylation is 1. The molecular weight excluding hydrogens is 320 g/mol. The molecule has 5 heteroatoms. The first-order valence-electron chi connectivity index (χ1n) is 8.22. The molecule has 0 bridgehead atoms. The zero-order valence-electron chi connectivity index (χ0n) is 15.0. The highest BCUT2D eigenvalue weighted by Crippen LogP contribution is 2.30. The van der Waals surface area contributed by atoms with Gasteiger partial charge in [-0.05, 0) is 58.4 Å². The van der Waals surface area contributed by atoms with Crippen LogP contribution >= 0.6 is 11.3 Å². The summed E-state index contributed by atoms with van der Waals surface area (Å²) >= 11 is 1.81. The standard InChI is InChI=1S/C19H26N2O2S/c1-6-14-11-12-17(24-14)13(2)20-15-9-7-8-10-16(15)21-18(22)23-19(3,4)5/h7-13,20H,6H2,1-5H3,(H,21,22). The molecule has 1 aromatic heterocycles. The van der Waals surface area contributed by atoms with Crippen molar-refractivity contribution in [2.24, 2.45) is 0 Å². The summed E-state index contributed by atoms with van der Waals surface area (Å²) in [4.78, 5) is 14.7. The van der Waals surface area contributed by atoms with Gasteiger partial charge < -0.3 is 10.1 Å². The molecule has 0 saturated heterocycles. The third kappa shape index (κ3) is 5.27. The number of thiophene rings is 1. The highest BCUT2D eigenvalue weighted by molar-refractivity contribution is 7.12. The average Bonchev–Trinajstić information content (AvgIpc) is 2.96. The van der Waals surface area contributed by atoms with Gasteiger partial charge in [-0.15, -0.1) is 11.3 Å². The molecule has 0 aliphatic carbocycles. The largest absolute Gasteiger partial charge is 0.444 e. The Balaban J connectivity index is 2.09. The van der Waals surface area contributed by atoms with Gasteiger partial charge in [0.25, 0.3) is 0 Å². The smallest absolute Gasteiger partial charge is 0.412 e. The van der Waals surface area contributed by atoms with E-state index in [9.17, 15) is 4.79 Å². The van der Waals surface area contributed by atoms with E-state index >= 15 is 0 Å². The van der Waals surface area contributed by atoms with E-state index in [2.05, 4.69) is 36.6 Å². The van der Waals surface area contributed by atoms with Crippen molar-refractivity contribution in [3.05, 3.63) is 46.2 Å².